The van der Waals surface area contributed by atoms with Crippen molar-refractivity contribution in [1.29, 1.82) is 0 Å². The Balaban J connectivity index is 1.60. The third kappa shape index (κ3) is 3.22. The highest BCUT2D eigenvalue weighted by Gasteiger charge is 2.33. The van der Waals surface area contributed by atoms with Crippen molar-refractivity contribution in [3.63, 3.8) is 0 Å². The Morgan fingerprint density at radius 1 is 1.24 bits per heavy atom. The van der Waals surface area contributed by atoms with Gasteiger partial charge in [-0.1, -0.05) is 23.2 Å². The lowest BCUT2D eigenvalue weighted by molar-refractivity contribution is 0.0316. The third-order valence-corrected chi connectivity index (χ3v) is 5.89. The summed E-state index contributed by atoms with van der Waals surface area (Å²) < 4.78 is 0.995. The van der Waals surface area contributed by atoms with Crippen molar-refractivity contribution >= 4 is 40.4 Å². The third-order valence-electron chi connectivity index (χ3n) is 4.40. The van der Waals surface area contributed by atoms with Crippen LogP contribution in [0.4, 0.5) is 0 Å². The Morgan fingerprint density at radius 2 is 1.95 bits per heavy atom. The summed E-state index contributed by atoms with van der Waals surface area (Å²) in [6, 6.07) is 1.91. The van der Waals surface area contributed by atoms with Gasteiger partial charge in [-0.15, -0.1) is 11.3 Å². The normalized spacial score (nSPS) is 27.3. The molecule has 4 nitrogen and oxygen atoms in total. The summed E-state index contributed by atoms with van der Waals surface area (Å²) in [4.78, 5) is 16.6. The largest absolute Gasteiger partial charge is 0.391 e. The fourth-order valence-corrected chi connectivity index (χ4v) is 4.71. The molecule has 2 unspecified atom stereocenters. The summed E-state index contributed by atoms with van der Waals surface area (Å²) in [6.07, 6.45) is 2.83. The van der Waals surface area contributed by atoms with Crippen LogP contribution in [0.25, 0.3) is 0 Å². The van der Waals surface area contributed by atoms with Crippen molar-refractivity contribution in [2.75, 3.05) is 26.2 Å². The Bertz CT molecular complexity index is 529. The maximum absolute atomic E-state index is 12.4. The van der Waals surface area contributed by atoms with Crippen LogP contribution in [0.2, 0.25) is 8.67 Å². The van der Waals surface area contributed by atoms with E-state index in [0.717, 1.165) is 32.4 Å². The molecule has 0 radical (unpaired) electrons. The minimum absolute atomic E-state index is 0.0465. The van der Waals surface area contributed by atoms with Crippen molar-refractivity contribution < 1.29 is 9.90 Å². The molecular formula is C14H18Cl2N2O2S. The van der Waals surface area contributed by atoms with Crippen LogP contribution < -0.4 is 0 Å². The molecule has 7 heteroatoms. The second-order valence-corrected chi connectivity index (χ2v) is 7.92. The molecular weight excluding hydrogens is 331 g/mol. The molecule has 2 atom stereocenters. The van der Waals surface area contributed by atoms with Gasteiger partial charge in [0.25, 0.3) is 5.91 Å². The predicted molar refractivity (Wildman–Crippen MR) is 85.5 cm³/mol. The molecule has 1 aromatic heterocycles. The average molecular weight is 349 g/mol. The standard InChI is InChI=1S/C14H18Cl2N2O2S/c15-12-8-9(13(16)21-12)14(20)18-6-4-17(5-7-18)10-2-1-3-11(10)19/h8,10-11,19H,1-7H2. The molecule has 1 saturated heterocycles. The molecule has 0 bridgehead atoms. The van der Waals surface area contributed by atoms with E-state index in [-0.39, 0.29) is 18.1 Å². The molecule has 2 aliphatic rings. The molecule has 1 amide bonds. The number of hydrogen-bond donors (Lipinski definition) is 1. The van der Waals surface area contributed by atoms with Gasteiger partial charge in [0.1, 0.15) is 4.34 Å². The first-order valence-corrected chi connectivity index (χ1v) is 8.79. The van der Waals surface area contributed by atoms with Crippen LogP contribution in [0.15, 0.2) is 6.07 Å². The van der Waals surface area contributed by atoms with E-state index < -0.39 is 0 Å². The van der Waals surface area contributed by atoms with E-state index in [9.17, 15) is 9.90 Å². The molecule has 3 rings (SSSR count). The second-order valence-electron chi connectivity index (χ2n) is 5.63. The highest BCUT2D eigenvalue weighted by molar-refractivity contribution is 7.20. The smallest absolute Gasteiger partial charge is 0.256 e. The Labute approximate surface area is 138 Å². The number of nitrogens with zero attached hydrogens (tertiary/aromatic N) is 2. The molecule has 1 aliphatic heterocycles. The van der Waals surface area contributed by atoms with Crippen LogP contribution in [-0.2, 0) is 0 Å². The molecule has 21 heavy (non-hydrogen) atoms. The Morgan fingerprint density at radius 3 is 2.48 bits per heavy atom. The number of rotatable bonds is 2. The van der Waals surface area contributed by atoms with Gasteiger partial charge in [0.05, 0.1) is 16.0 Å². The predicted octanol–water partition coefficient (Wildman–Crippen LogP) is 2.73. The summed E-state index contributed by atoms with van der Waals surface area (Å²) >= 11 is 13.2. The summed E-state index contributed by atoms with van der Waals surface area (Å²) in [7, 11) is 0. The molecule has 0 aromatic carbocycles. The van der Waals surface area contributed by atoms with Crippen LogP contribution >= 0.6 is 34.5 Å². The van der Waals surface area contributed by atoms with Gasteiger partial charge < -0.3 is 10.0 Å². The van der Waals surface area contributed by atoms with Gasteiger partial charge in [0, 0.05) is 32.2 Å². The van der Waals surface area contributed by atoms with Gasteiger partial charge in [-0.3, -0.25) is 9.69 Å². The first kappa shape index (κ1) is 15.6. The number of aliphatic hydroxyl groups is 1. The molecule has 1 N–H and O–H groups in total. The van der Waals surface area contributed by atoms with Gasteiger partial charge in [0.15, 0.2) is 0 Å². The van der Waals surface area contributed by atoms with E-state index in [4.69, 9.17) is 23.2 Å². The number of thiophene rings is 1. The second kappa shape index (κ2) is 6.42. The molecule has 1 aromatic rings. The lowest BCUT2D eigenvalue weighted by Gasteiger charge is -2.39. The lowest BCUT2D eigenvalue weighted by atomic mass is 10.1. The van der Waals surface area contributed by atoms with Crippen LogP contribution in [0.3, 0.4) is 0 Å². The van der Waals surface area contributed by atoms with Crippen molar-refractivity contribution in [1.82, 2.24) is 9.80 Å². The summed E-state index contributed by atoms with van der Waals surface area (Å²) in [5.41, 5.74) is 0.501. The number of carbonyl (C=O) groups excluding carboxylic acids is 1. The van der Waals surface area contributed by atoms with Gasteiger partial charge in [0.2, 0.25) is 0 Å². The Hall–Kier alpha value is -0.330. The van der Waals surface area contributed by atoms with Gasteiger partial charge in [-0.05, 0) is 25.3 Å². The summed E-state index contributed by atoms with van der Waals surface area (Å²) in [5, 5.41) is 9.98. The number of hydrogen-bond acceptors (Lipinski definition) is 4. The van der Waals surface area contributed by atoms with Gasteiger partial charge >= 0.3 is 0 Å². The maximum atomic E-state index is 12.4. The summed E-state index contributed by atoms with van der Waals surface area (Å²) in [6.45, 7) is 2.96. The molecule has 1 aliphatic carbocycles. The number of carbonyl (C=O) groups is 1. The zero-order valence-corrected chi connectivity index (χ0v) is 13.9. The lowest BCUT2D eigenvalue weighted by Crippen LogP contribution is -2.53. The highest BCUT2D eigenvalue weighted by atomic mass is 35.5. The van der Waals surface area contributed by atoms with Crippen LogP contribution in [0.1, 0.15) is 29.6 Å². The first-order valence-electron chi connectivity index (χ1n) is 7.22. The van der Waals surface area contributed by atoms with E-state index in [2.05, 4.69) is 4.90 Å². The van der Waals surface area contributed by atoms with E-state index in [0.29, 0.717) is 27.3 Å². The van der Waals surface area contributed by atoms with E-state index in [1.807, 2.05) is 4.90 Å². The van der Waals surface area contributed by atoms with E-state index >= 15 is 0 Å². The van der Waals surface area contributed by atoms with Crippen LogP contribution in [0.5, 0.6) is 0 Å². The zero-order chi connectivity index (χ0) is 15.0. The number of piperazine rings is 1. The fourth-order valence-electron chi connectivity index (χ4n) is 3.26. The topological polar surface area (TPSA) is 43.8 Å². The number of halogens is 2. The average Bonchev–Trinajstić information content (AvgIpc) is 3.04. The van der Waals surface area contributed by atoms with Gasteiger partial charge in [-0.2, -0.15) is 0 Å². The molecule has 0 spiro atoms. The van der Waals surface area contributed by atoms with Crippen LogP contribution in [0, 0.1) is 0 Å². The van der Waals surface area contributed by atoms with E-state index in [1.165, 1.54) is 11.3 Å². The van der Waals surface area contributed by atoms with Crippen molar-refractivity contribution in [3.05, 3.63) is 20.3 Å². The minimum atomic E-state index is -0.211. The van der Waals surface area contributed by atoms with Gasteiger partial charge in [-0.25, -0.2) is 0 Å². The number of aliphatic hydroxyl groups excluding tert-OH is 1. The monoisotopic (exact) mass is 348 g/mol. The zero-order valence-electron chi connectivity index (χ0n) is 11.6. The van der Waals surface area contributed by atoms with Crippen LogP contribution in [-0.4, -0.2) is 59.1 Å². The first-order chi connectivity index (χ1) is 10.1. The van der Waals surface area contributed by atoms with Crippen molar-refractivity contribution in [3.8, 4) is 0 Å². The number of amides is 1. The molecule has 2 fully saturated rings. The fraction of sp³-hybridized carbons (Fsp3) is 0.643. The van der Waals surface area contributed by atoms with Crippen molar-refractivity contribution in [2.24, 2.45) is 0 Å². The molecule has 2 heterocycles. The highest BCUT2D eigenvalue weighted by Crippen LogP contribution is 2.32. The van der Waals surface area contributed by atoms with Crippen molar-refractivity contribution in [2.45, 2.75) is 31.4 Å². The SMILES string of the molecule is O=C(c1cc(Cl)sc1Cl)N1CCN(C2CCCC2O)CC1. The maximum Gasteiger partial charge on any atom is 0.256 e. The molecule has 1 saturated carbocycles. The Kier molecular flexibility index (Phi) is 4.76. The minimum Gasteiger partial charge on any atom is -0.391 e. The quantitative estimate of drug-likeness (QED) is 0.893. The molecule has 116 valence electrons. The summed E-state index contributed by atoms with van der Waals surface area (Å²) in [5.74, 6) is -0.0465. The van der Waals surface area contributed by atoms with E-state index in [1.54, 1.807) is 6.07 Å².